The molecule has 1 aromatic rings. The van der Waals surface area contributed by atoms with Gasteiger partial charge in [-0.1, -0.05) is 6.42 Å². The highest BCUT2D eigenvalue weighted by molar-refractivity contribution is 8.00. The van der Waals surface area contributed by atoms with Crippen molar-refractivity contribution >= 4 is 23.1 Å². The molecule has 1 aliphatic rings. The van der Waals surface area contributed by atoms with Crippen LogP contribution < -0.4 is 5.32 Å². The molecule has 1 unspecified atom stereocenters. The van der Waals surface area contributed by atoms with Gasteiger partial charge in [-0.25, -0.2) is 4.98 Å². The van der Waals surface area contributed by atoms with E-state index in [1.807, 2.05) is 24.2 Å². The summed E-state index contributed by atoms with van der Waals surface area (Å²) in [6, 6.07) is 0. The third kappa shape index (κ3) is 5.21. The first-order chi connectivity index (χ1) is 10.2. The predicted molar refractivity (Wildman–Crippen MR) is 90.3 cm³/mol. The van der Waals surface area contributed by atoms with Crippen molar-refractivity contribution < 1.29 is 9.84 Å². The van der Waals surface area contributed by atoms with E-state index in [1.54, 1.807) is 11.3 Å². The van der Waals surface area contributed by atoms with Gasteiger partial charge in [-0.15, -0.1) is 11.3 Å². The van der Waals surface area contributed by atoms with Crippen molar-refractivity contribution in [3.8, 4) is 0 Å². The fourth-order valence-electron chi connectivity index (χ4n) is 2.50. The summed E-state index contributed by atoms with van der Waals surface area (Å²) < 4.78 is 5.98. The molecule has 1 saturated carbocycles. The summed E-state index contributed by atoms with van der Waals surface area (Å²) in [4.78, 5) is 5.49. The highest BCUT2D eigenvalue weighted by atomic mass is 32.2. The Morgan fingerprint density at radius 1 is 1.57 bits per heavy atom. The van der Waals surface area contributed by atoms with E-state index in [1.165, 1.54) is 24.1 Å². The molecule has 0 amide bonds. The Bertz CT molecular complexity index is 416. The zero-order valence-electron chi connectivity index (χ0n) is 12.9. The smallest absolute Gasteiger partial charge is 0.0897 e. The van der Waals surface area contributed by atoms with Gasteiger partial charge in [-0.3, -0.25) is 0 Å². The summed E-state index contributed by atoms with van der Waals surface area (Å²) in [5.74, 6) is 0. The minimum absolute atomic E-state index is 0.400. The van der Waals surface area contributed by atoms with Crippen LogP contribution in [0.4, 0.5) is 0 Å². The number of thiazole rings is 1. The molecule has 4 nitrogen and oxygen atoms in total. The van der Waals surface area contributed by atoms with E-state index < -0.39 is 6.10 Å². The van der Waals surface area contributed by atoms with E-state index >= 15 is 0 Å². The summed E-state index contributed by atoms with van der Waals surface area (Å²) in [6.45, 7) is 4.67. The molecule has 1 atom stereocenters. The molecule has 0 aliphatic heterocycles. The quantitative estimate of drug-likeness (QED) is 0.645. The molecule has 0 spiro atoms. The van der Waals surface area contributed by atoms with Crippen LogP contribution in [0.5, 0.6) is 0 Å². The summed E-state index contributed by atoms with van der Waals surface area (Å²) >= 11 is 3.62. The summed E-state index contributed by atoms with van der Waals surface area (Å²) in [5.41, 5.74) is 2.96. The molecule has 1 heterocycles. The molecule has 0 bridgehead atoms. The number of hydrogen-bond donors (Lipinski definition) is 2. The molecule has 1 fully saturated rings. The monoisotopic (exact) mass is 330 g/mol. The zero-order chi connectivity index (χ0) is 15.1. The van der Waals surface area contributed by atoms with E-state index in [9.17, 15) is 5.11 Å². The predicted octanol–water partition coefficient (Wildman–Crippen LogP) is 2.25. The van der Waals surface area contributed by atoms with E-state index in [2.05, 4.69) is 16.6 Å². The average Bonchev–Trinajstić information content (AvgIpc) is 2.83. The van der Waals surface area contributed by atoms with Crippen molar-refractivity contribution in [3.05, 3.63) is 16.1 Å². The van der Waals surface area contributed by atoms with Crippen molar-refractivity contribution in [2.75, 3.05) is 32.6 Å². The van der Waals surface area contributed by atoms with Gasteiger partial charge in [0.25, 0.3) is 0 Å². The van der Waals surface area contributed by atoms with Crippen LogP contribution in [0, 0.1) is 6.92 Å². The Labute approximate surface area is 135 Å². The SMILES string of the molecule is CSC1(CNCC(O)COCCc2scnc2C)CCC1. The maximum Gasteiger partial charge on any atom is 0.0897 e. The van der Waals surface area contributed by atoms with Crippen molar-refractivity contribution in [1.82, 2.24) is 10.3 Å². The van der Waals surface area contributed by atoms with Crippen LogP contribution in [-0.2, 0) is 11.2 Å². The average molecular weight is 331 g/mol. The topological polar surface area (TPSA) is 54.4 Å². The van der Waals surface area contributed by atoms with Crippen molar-refractivity contribution in [2.45, 2.75) is 43.5 Å². The van der Waals surface area contributed by atoms with E-state index in [0.717, 1.165) is 18.7 Å². The van der Waals surface area contributed by atoms with Gasteiger partial charge in [0.05, 0.1) is 30.5 Å². The number of aliphatic hydroxyl groups is 1. The first kappa shape index (κ1) is 17.2. The first-order valence-corrected chi connectivity index (χ1v) is 9.66. The molecular formula is C15H26N2O2S2. The highest BCUT2D eigenvalue weighted by Gasteiger charge is 2.35. The molecule has 0 radical (unpaired) electrons. The summed E-state index contributed by atoms with van der Waals surface area (Å²) in [6.07, 6.45) is 6.56. The van der Waals surface area contributed by atoms with Crippen LogP contribution in [0.15, 0.2) is 5.51 Å². The van der Waals surface area contributed by atoms with Gasteiger partial charge in [-0.05, 0) is 26.0 Å². The van der Waals surface area contributed by atoms with Crippen LogP contribution in [0.3, 0.4) is 0 Å². The van der Waals surface area contributed by atoms with Crippen LogP contribution in [0.2, 0.25) is 0 Å². The van der Waals surface area contributed by atoms with E-state index in [4.69, 9.17) is 4.74 Å². The number of thioether (sulfide) groups is 1. The molecule has 1 aliphatic carbocycles. The van der Waals surface area contributed by atoms with Crippen LogP contribution in [0.25, 0.3) is 0 Å². The van der Waals surface area contributed by atoms with E-state index in [-0.39, 0.29) is 0 Å². The largest absolute Gasteiger partial charge is 0.389 e. The number of nitrogens with one attached hydrogen (secondary N) is 1. The lowest BCUT2D eigenvalue weighted by Gasteiger charge is -2.40. The van der Waals surface area contributed by atoms with Gasteiger partial charge in [0.2, 0.25) is 0 Å². The number of aryl methyl sites for hydroxylation is 1. The number of hydrogen-bond acceptors (Lipinski definition) is 6. The summed E-state index contributed by atoms with van der Waals surface area (Å²) in [7, 11) is 0. The molecule has 21 heavy (non-hydrogen) atoms. The Balaban J connectivity index is 1.51. The first-order valence-electron chi connectivity index (χ1n) is 7.56. The van der Waals surface area contributed by atoms with Crippen molar-refractivity contribution in [2.24, 2.45) is 0 Å². The Morgan fingerprint density at radius 3 is 2.95 bits per heavy atom. The summed E-state index contributed by atoms with van der Waals surface area (Å²) in [5, 5.41) is 13.3. The van der Waals surface area contributed by atoms with Gasteiger partial charge < -0.3 is 15.2 Å². The highest BCUT2D eigenvalue weighted by Crippen LogP contribution is 2.42. The molecule has 1 aromatic heterocycles. The minimum Gasteiger partial charge on any atom is -0.389 e. The zero-order valence-corrected chi connectivity index (χ0v) is 14.6. The third-order valence-corrected chi connectivity index (χ3v) is 6.57. The van der Waals surface area contributed by atoms with Gasteiger partial charge in [-0.2, -0.15) is 11.8 Å². The van der Waals surface area contributed by atoms with Crippen LogP contribution in [-0.4, -0.2) is 53.5 Å². The van der Waals surface area contributed by atoms with Gasteiger partial charge in [0.15, 0.2) is 0 Å². The molecule has 0 saturated heterocycles. The number of rotatable bonds is 10. The molecular weight excluding hydrogens is 304 g/mol. The van der Waals surface area contributed by atoms with E-state index in [0.29, 0.717) is 24.5 Å². The normalized spacial score (nSPS) is 18.4. The maximum absolute atomic E-state index is 9.92. The lowest BCUT2D eigenvalue weighted by molar-refractivity contribution is 0.0379. The molecule has 0 aromatic carbocycles. The van der Waals surface area contributed by atoms with Gasteiger partial charge >= 0.3 is 0 Å². The van der Waals surface area contributed by atoms with Crippen molar-refractivity contribution in [3.63, 3.8) is 0 Å². The Kier molecular flexibility index (Phi) is 6.95. The Morgan fingerprint density at radius 2 is 2.38 bits per heavy atom. The molecule has 120 valence electrons. The van der Waals surface area contributed by atoms with Crippen LogP contribution >= 0.6 is 23.1 Å². The van der Waals surface area contributed by atoms with Crippen molar-refractivity contribution in [1.29, 1.82) is 0 Å². The van der Waals surface area contributed by atoms with Gasteiger partial charge in [0.1, 0.15) is 0 Å². The Hall–Kier alpha value is -0.140. The number of aromatic nitrogens is 1. The molecule has 2 N–H and O–H groups in total. The number of ether oxygens (including phenoxy) is 1. The number of nitrogens with zero attached hydrogens (tertiary/aromatic N) is 1. The van der Waals surface area contributed by atoms with Gasteiger partial charge in [0, 0.05) is 29.1 Å². The maximum atomic E-state index is 9.92. The second-order valence-corrected chi connectivity index (χ2v) is 7.92. The second kappa shape index (κ2) is 8.48. The fourth-order valence-corrected chi connectivity index (χ4v) is 4.21. The lowest BCUT2D eigenvalue weighted by atomic mass is 9.84. The third-order valence-electron chi connectivity index (χ3n) is 4.15. The van der Waals surface area contributed by atoms with Crippen LogP contribution in [0.1, 0.15) is 29.8 Å². The molecule has 6 heteroatoms. The second-order valence-electron chi connectivity index (χ2n) is 5.71. The lowest BCUT2D eigenvalue weighted by Crippen LogP contribution is -2.45. The minimum atomic E-state index is -0.424. The fraction of sp³-hybridized carbons (Fsp3) is 0.800. The molecule has 2 rings (SSSR count). The standard InChI is InChI=1S/C15H26N2O2S2/c1-12-14(21-11-17-12)4-7-19-9-13(18)8-16-10-15(20-2)5-3-6-15/h11,13,16,18H,3-10H2,1-2H3. The number of aliphatic hydroxyl groups excluding tert-OH is 1.